The minimum absolute atomic E-state index is 0. The SMILES string of the molecule is COC(=O)CCc1ccccc1NC(=O)[C@@H](N)CCCNC(=O)OCc1cccc(Cl)c1.Cl. The lowest BCUT2D eigenvalue weighted by Crippen LogP contribution is -2.36. The van der Waals surface area contributed by atoms with Crippen molar-refractivity contribution < 1.29 is 23.9 Å². The molecule has 33 heavy (non-hydrogen) atoms. The Morgan fingerprint density at radius 1 is 1.12 bits per heavy atom. The molecule has 2 amide bonds. The summed E-state index contributed by atoms with van der Waals surface area (Å²) in [6.07, 6.45) is 0.992. The topological polar surface area (TPSA) is 120 Å². The quantitative estimate of drug-likeness (QED) is 0.320. The first-order chi connectivity index (χ1) is 15.4. The zero-order valence-corrected chi connectivity index (χ0v) is 19.9. The molecule has 0 unspecified atom stereocenters. The Morgan fingerprint density at radius 3 is 2.61 bits per heavy atom. The van der Waals surface area contributed by atoms with E-state index < -0.39 is 12.1 Å². The number of esters is 1. The number of nitrogens with one attached hydrogen (secondary N) is 2. The lowest BCUT2D eigenvalue weighted by Gasteiger charge is -2.15. The van der Waals surface area contributed by atoms with Gasteiger partial charge in [-0.1, -0.05) is 41.9 Å². The van der Waals surface area contributed by atoms with E-state index in [4.69, 9.17) is 22.1 Å². The van der Waals surface area contributed by atoms with E-state index in [0.29, 0.717) is 36.5 Å². The lowest BCUT2D eigenvalue weighted by atomic mass is 10.1. The molecule has 1 atom stereocenters. The highest BCUT2D eigenvalue weighted by atomic mass is 35.5. The van der Waals surface area contributed by atoms with E-state index in [1.165, 1.54) is 7.11 Å². The summed E-state index contributed by atoms with van der Waals surface area (Å²) in [6, 6.07) is 13.5. The van der Waals surface area contributed by atoms with Gasteiger partial charge in [-0.25, -0.2) is 4.79 Å². The number of hydrogen-bond donors (Lipinski definition) is 3. The fourth-order valence-corrected chi connectivity index (χ4v) is 3.11. The third-order valence-electron chi connectivity index (χ3n) is 4.66. The van der Waals surface area contributed by atoms with E-state index >= 15 is 0 Å². The number of amides is 2. The summed E-state index contributed by atoms with van der Waals surface area (Å²) >= 11 is 5.89. The van der Waals surface area contributed by atoms with Gasteiger partial charge in [0.15, 0.2) is 0 Å². The minimum atomic E-state index is -0.743. The molecule has 0 aliphatic rings. The molecule has 0 fully saturated rings. The number of methoxy groups -OCH3 is 1. The molecule has 0 aliphatic heterocycles. The Balaban J connectivity index is 0.00000544. The molecule has 2 aromatic carbocycles. The number of halogens is 2. The van der Waals surface area contributed by atoms with Crippen molar-refractivity contribution in [3.05, 3.63) is 64.7 Å². The van der Waals surface area contributed by atoms with Crippen LogP contribution < -0.4 is 16.4 Å². The van der Waals surface area contributed by atoms with E-state index in [0.717, 1.165) is 11.1 Å². The average molecular weight is 498 g/mol. The van der Waals surface area contributed by atoms with E-state index in [9.17, 15) is 14.4 Å². The van der Waals surface area contributed by atoms with Gasteiger partial charge in [0.2, 0.25) is 5.91 Å². The standard InChI is InChI=1S/C23H28ClN3O5.ClH/c1-31-21(28)12-11-17-7-2-3-10-20(17)27-22(29)19(25)9-5-13-26-23(30)32-15-16-6-4-8-18(24)14-16;/h2-4,6-8,10,14,19H,5,9,11-13,15,25H2,1H3,(H,26,30)(H,27,29);1H/t19-;/m0./s1. The minimum Gasteiger partial charge on any atom is -0.469 e. The van der Waals surface area contributed by atoms with E-state index in [2.05, 4.69) is 15.4 Å². The van der Waals surface area contributed by atoms with Crippen LogP contribution >= 0.6 is 24.0 Å². The summed E-state index contributed by atoms with van der Waals surface area (Å²) in [5.74, 6) is -0.652. The predicted molar refractivity (Wildman–Crippen MR) is 130 cm³/mol. The molecule has 180 valence electrons. The number of carbonyl (C=O) groups is 3. The summed E-state index contributed by atoms with van der Waals surface area (Å²) in [5, 5.41) is 6.01. The summed E-state index contributed by atoms with van der Waals surface area (Å²) < 4.78 is 9.78. The Kier molecular flexibility index (Phi) is 12.9. The Hall–Kier alpha value is -2.81. The summed E-state index contributed by atoms with van der Waals surface area (Å²) in [5.41, 5.74) is 8.20. The summed E-state index contributed by atoms with van der Waals surface area (Å²) in [4.78, 5) is 35.6. The molecular weight excluding hydrogens is 469 g/mol. The van der Waals surface area contributed by atoms with Crippen molar-refractivity contribution in [1.29, 1.82) is 0 Å². The van der Waals surface area contributed by atoms with Gasteiger partial charge in [-0.15, -0.1) is 12.4 Å². The van der Waals surface area contributed by atoms with Crippen LogP contribution in [-0.4, -0.2) is 37.7 Å². The second kappa shape index (κ2) is 15.1. The molecule has 0 radical (unpaired) electrons. The highest BCUT2D eigenvalue weighted by Gasteiger charge is 2.15. The molecule has 2 aromatic rings. The largest absolute Gasteiger partial charge is 0.469 e. The summed E-state index contributed by atoms with van der Waals surface area (Å²) in [6.45, 7) is 0.439. The maximum absolute atomic E-state index is 12.4. The van der Waals surface area contributed by atoms with E-state index in [1.54, 1.807) is 30.3 Å². The number of carbonyl (C=O) groups excluding carboxylic acids is 3. The van der Waals surface area contributed by atoms with Gasteiger partial charge in [-0.05, 0) is 48.6 Å². The molecule has 0 aliphatic carbocycles. The van der Waals surface area contributed by atoms with Crippen molar-refractivity contribution in [2.24, 2.45) is 5.73 Å². The zero-order valence-electron chi connectivity index (χ0n) is 18.3. The van der Waals surface area contributed by atoms with Gasteiger partial charge in [0.05, 0.1) is 13.2 Å². The monoisotopic (exact) mass is 497 g/mol. The molecule has 0 heterocycles. The molecule has 8 nitrogen and oxygen atoms in total. The number of hydrogen-bond acceptors (Lipinski definition) is 6. The lowest BCUT2D eigenvalue weighted by molar-refractivity contribution is -0.140. The van der Waals surface area contributed by atoms with Crippen molar-refractivity contribution in [2.75, 3.05) is 19.0 Å². The van der Waals surface area contributed by atoms with Crippen LogP contribution in [-0.2, 0) is 32.1 Å². The normalized spacial score (nSPS) is 11.0. The Morgan fingerprint density at radius 2 is 1.88 bits per heavy atom. The van der Waals surface area contributed by atoms with Gasteiger partial charge >= 0.3 is 12.1 Å². The van der Waals surface area contributed by atoms with Gasteiger partial charge in [-0.2, -0.15) is 0 Å². The predicted octanol–water partition coefficient (Wildman–Crippen LogP) is 3.84. The van der Waals surface area contributed by atoms with E-state index in [-0.39, 0.29) is 37.3 Å². The first-order valence-electron chi connectivity index (χ1n) is 10.2. The first-order valence-corrected chi connectivity index (χ1v) is 10.6. The molecule has 4 N–H and O–H groups in total. The van der Waals surface area contributed by atoms with Crippen LogP contribution in [0.25, 0.3) is 0 Å². The van der Waals surface area contributed by atoms with Crippen molar-refractivity contribution in [3.8, 4) is 0 Å². The van der Waals surface area contributed by atoms with Crippen LogP contribution in [0.3, 0.4) is 0 Å². The van der Waals surface area contributed by atoms with Gasteiger partial charge in [0.25, 0.3) is 0 Å². The third-order valence-corrected chi connectivity index (χ3v) is 4.89. The van der Waals surface area contributed by atoms with Crippen LogP contribution in [0.1, 0.15) is 30.4 Å². The van der Waals surface area contributed by atoms with Crippen LogP contribution in [0.15, 0.2) is 48.5 Å². The van der Waals surface area contributed by atoms with Crippen LogP contribution in [0.2, 0.25) is 5.02 Å². The average Bonchev–Trinajstić information content (AvgIpc) is 2.79. The fraction of sp³-hybridized carbons (Fsp3) is 0.348. The number of ether oxygens (including phenoxy) is 2. The number of alkyl carbamates (subject to hydrolysis) is 1. The van der Waals surface area contributed by atoms with Gasteiger partial charge in [-0.3, -0.25) is 9.59 Å². The number of rotatable bonds is 11. The Labute approximate surface area is 204 Å². The van der Waals surface area contributed by atoms with Crippen LogP contribution in [0, 0.1) is 0 Å². The van der Waals surface area contributed by atoms with Crippen molar-refractivity contribution >= 4 is 47.7 Å². The Bertz CT molecular complexity index is 926. The smallest absolute Gasteiger partial charge is 0.407 e. The maximum Gasteiger partial charge on any atom is 0.407 e. The molecule has 0 aromatic heterocycles. The van der Waals surface area contributed by atoms with E-state index in [1.807, 2.05) is 18.2 Å². The number of nitrogens with two attached hydrogens (primary N) is 1. The maximum atomic E-state index is 12.4. The van der Waals surface area contributed by atoms with Gasteiger partial charge in [0, 0.05) is 23.7 Å². The van der Waals surface area contributed by atoms with Crippen molar-refractivity contribution in [3.63, 3.8) is 0 Å². The second-order valence-corrected chi connectivity index (χ2v) is 7.54. The number of para-hydroxylation sites is 1. The first kappa shape index (κ1) is 28.2. The molecule has 0 saturated carbocycles. The molecule has 2 rings (SSSR count). The molecule has 0 saturated heterocycles. The number of aryl methyl sites for hydroxylation is 1. The van der Waals surface area contributed by atoms with Gasteiger partial charge in [0.1, 0.15) is 6.61 Å². The van der Waals surface area contributed by atoms with Crippen LogP contribution in [0.5, 0.6) is 0 Å². The zero-order chi connectivity index (χ0) is 23.3. The van der Waals surface area contributed by atoms with Gasteiger partial charge < -0.3 is 25.8 Å². The molecule has 0 spiro atoms. The van der Waals surface area contributed by atoms with Crippen LogP contribution in [0.4, 0.5) is 10.5 Å². The summed E-state index contributed by atoms with van der Waals surface area (Å²) in [7, 11) is 1.34. The highest BCUT2D eigenvalue weighted by Crippen LogP contribution is 2.17. The molecular formula is C23H29Cl2N3O5. The fourth-order valence-electron chi connectivity index (χ4n) is 2.89. The van der Waals surface area contributed by atoms with Crippen molar-refractivity contribution in [2.45, 2.75) is 38.3 Å². The molecule has 10 heteroatoms. The van der Waals surface area contributed by atoms with Crippen molar-refractivity contribution in [1.82, 2.24) is 5.32 Å². The number of benzene rings is 2. The molecule has 0 bridgehead atoms. The highest BCUT2D eigenvalue weighted by molar-refractivity contribution is 6.30. The number of anilines is 1. The third kappa shape index (κ3) is 10.6. The second-order valence-electron chi connectivity index (χ2n) is 7.10.